The molecule has 0 heterocycles. The number of benzene rings is 1. The van der Waals surface area contributed by atoms with Gasteiger partial charge in [-0.2, -0.15) is 0 Å². The monoisotopic (exact) mass is 184 g/mol. The predicted molar refractivity (Wildman–Crippen MR) is 46.5 cm³/mol. The van der Waals surface area contributed by atoms with E-state index in [0.29, 0.717) is 12.4 Å². The fraction of sp³-hybridized carbons (Fsp3) is 0.333. The van der Waals surface area contributed by atoms with Crippen LogP contribution in [0.5, 0.6) is 11.5 Å². The second-order valence-corrected chi connectivity index (χ2v) is 2.48. The Kier molecular flexibility index (Phi) is 3.54. The molecular weight excluding hydrogens is 172 g/mol. The number of phenols is 1. The van der Waals surface area contributed by atoms with Crippen molar-refractivity contribution < 1.29 is 19.7 Å². The van der Waals surface area contributed by atoms with Crippen LogP contribution < -0.4 is 4.74 Å². The normalized spacial score (nSPS) is 10.0. The molecule has 1 aromatic rings. The number of aromatic hydroxyl groups is 1. The highest BCUT2D eigenvalue weighted by molar-refractivity contribution is 5.41. The first-order valence-electron chi connectivity index (χ1n) is 3.82. The van der Waals surface area contributed by atoms with E-state index >= 15 is 0 Å². The first-order valence-corrected chi connectivity index (χ1v) is 3.82. The molecule has 0 saturated carbocycles. The lowest BCUT2D eigenvalue weighted by molar-refractivity contribution is -0.0113. The summed E-state index contributed by atoms with van der Waals surface area (Å²) in [5, 5.41) is 17.7. The lowest BCUT2D eigenvalue weighted by Crippen LogP contribution is -1.94. The van der Waals surface area contributed by atoms with Gasteiger partial charge in [-0.25, -0.2) is 0 Å². The molecule has 0 aliphatic rings. The van der Waals surface area contributed by atoms with Gasteiger partial charge in [0.15, 0.2) is 11.5 Å². The summed E-state index contributed by atoms with van der Waals surface area (Å²) in [6, 6.07) is 4.88. The molecule has 1 rings (SSSR count). The molecule has 0 aliphatic carbocycles. The lowest BCUT2D eigenvalue weighted by Gasteiger charge is -2.05. The summed E-state index contributed by atoms with van der Waals surface area (Å²) in [7, 11) is 1.48. The Morgan fingerprint density at radius 3 is 2.77 bits per heavy atom. The number of hydrogen-bond acceptors (Lipinski definition) is 4. The SMILES string of the molecule is COc1cc(COCO)ccc1O. The average molecular weight is 184 g/mol. The van der Waals surface area contributed by atoms with Crippen molar-refractivity contribution in [3.8, 4) is 11.5 Å². The van der Waals surface area contributed by atoms with Crippen LogP contribution in [0.25, 0.3) is 0 Å². The largest absolute Gasteiger partial charge is 0.504 e. The third-order valence-corrected chi connectivity index (χ3v) is 1.60. The summed E-state index contributed by atoms with van der Waals surface area (Å²) in [4.78, 5) is 0. The van der Waals surface area contributed by atoms with Crippen LogP contribution in [-0.4, -0.2) is 24.1 Å². The van der Waals surface area contributed by atoms with Crippen molar-refractivity contribution in [3.05, 3.63) is 23.8 Å². The number of rotatable bonds is 4. The number of aliphatic hydroxyl groups is 1. The van der Waals surface area contributed by atoms with Crippen molar-refractivity contribution in [2.75, 3.05) is 13.9 Å². The van der Waals surface area contributed by atoms with Gasteiger partial charge >= 0.3 is 0 Å². The standard InChI is InChI=1S/C9H12O4/c1-12-9-4-7(5-13-6-10)2-3-8(9)11/h2-4,10-11H,5-6H2,1H3. The van der Waals surface area contributed by atoms with Crippen molar-refractivity contribution in [2.24, 2.45) is 0 Å². The van der Waals surface area contributed by atoms with E-state index in [2.05, 4.69) is 0 Å². The molecule has 0 spiro atoms. The average Bonchev–Trinajstić information content (AvgIpc) is 2.16. The maximum absolute atomic E-state index is 9.25. The maximum atomic E-state index is 9.25. The van der Waals surface area contributed by atoms with Crippen LogP contribution in [0, 0.1) is 0 Å². The molecule has 4 heteroatoms. The van der Waals surface area contributed by atoms with E-state index in [1.807, 2.05) is 0 Å². The molecule has 0 atom stereocenters. The number of phenolic OH excluding ortho intramolecular Hbond substituents is 1. The van der Waals surface area contributed by atoms with Gasteiger partial charge in [0.1, 0.15) is 6.79 Å². The summed E-state index contributed by atoms with van der Waals surface area (Å²) in [6.07, 6.45) is 0. The molecule has 13 heavy (non-hydrogen) atoms. The third-order valence-electron chi connectivity index (χ3n) is 1.60. The van der Waals surface area contributed by atoms with E-state index in [1.54, 1.807) is 12.1 Å². The number of ether oxygens (including phenoxy) is 2. The van der Waals surface area contributed by atoms with E-state index in [9.17, 15) is 5.11 Å². The Hall–Kier alpha value is -1.26. The predicted octanol–water partition coefficient (Wildman–Crippen LogP) is 0.867. The highest BCUT2D eigenvalue weighted by Crippen LogP contribution is 2.26. The number of methoxy groups -OCH3 is 1. The maximum Gasteiger partial charge on any atom is 0.160 e. The minimum absolute atomic E-state index is 0.0928. The first-order chi connectivity index (χ1) is 6.27. The van der Waals surface area contributed by atoms with Crippen LogP contribution in [0.15, 0.2) is 18.2 Å². The van der Waals surface area contributed by atoms with Crippen LogP contribution in [0.3, 0.4) is 0 Å². The highest BCUT2D eigenvalue weighted by Gasteiger charge is 2.01. The van der Waals surface area contributed by atoms with Gasteiger partial charge in [-0.05, 0) is 17.7 Å². The van der Waals surface area contributed by atoms with E-state index in [1.165, 1.54) is 13.2 Å². The zero-order valence-electron chi connectivity index (χ0n) is 7.36. The molecule has 1 aromatic carbocycles. The molecule has 0 fully saturated rings. The zero-order chi connectivity index (χ0) is 9.68. The van der Waals surface area contributed by atoms with E-state index in [-0.39, 0.29) is 12.5 Å². The van der Waals surface area contributed by atoms with Gasteiger partial charge in [0.05, 0.1) is 13.7 Å². The Morgan fingerprint density at radius 2 is 2.15 bits per heavy atom. The van der Waals surface area contributed by atoms with Crippen LogP contribution >= 0.6 is 0 Å². The van der Waals surface area contributed by atoms with Crippen LogP contribution in [0.1, 0.15) is 5.56 Å². The molecule has 0 saturated heterocycles. The molecule has 2 N–H and O–H groups in total. The Balaban J connectivity index is 2.74. The highest BCUT2D eigenvalue weighted by atomic mass is 16.6. The summed E-state index contributed by atoms with van der Waals surface area (Å²) in [6.45, 7) is -0.0175. The van der Waals surface area contributed by atoms with Crippen molar-refractivity contribution in [3.63, 3.8) is 0 Å². The molecule has 0 unspecified atom stereocenters. The minimum atomic E-state index is -0.316. The van der Waals surface area contributed by atoms with Gasteiger partial charge in [-0.15, -0.1) is 0 Å². The first kappa shape index (κ1) is 9.83. The van der Waals surface area contributed by atoms with Crippen molar-refractivity contribution in [1.29, 1.82) is 0 Å². The number of aliphatic hydroxyl groups excluding tert-OH is 1. The fourth-order valence-electron chi connectivity index (χ4n) is 0.975. The molecule has 0 aromatic heterocycles. The van der Waals surface area contributed by atoms with Crippen molar-refractivity contribution >= 4 is 0 Å². The van der Waals surface area contributed by atoms with Gasteiger partial charge < -0.3 is 19.7 Å². The van der Waals surface area contributed by atoms with E-state index < -0.39 is 0 Å². The van der Waals surface area contributed by atoms with Crippen LogP contribution in [0.4, 0.5) is 0 Å². The van der Waals surface area contributed by atoms with Gasteiger partial charge in [-0.3, -0.25) is 0 Å². The topological polar surface area (TPSA) is 58.9 Å². The summed E-state index contributed by atoms with van der Waals surface area (Å²) in [5.74, 6) is 0.495. The van der Waals surface area contributed by atoms with E-state index in [4.69, 9.17) is 14.6 Å². The van der Waals surface area contributed by atoms with Crippen LogP contribution in [-0.2, 0) is 11.3 Å². The van der Waals surface area contributed by atoms with Gasteiger partial charge in [0.25, 0.3) is 0 Å². The second kappa shape index (κ2) is 4.69. The Morgan fingerprint density at radius 1 is 1.38 bits per heavy atom. The molecule has 72 valence electrons. The Bertz CT molecular complexity index is 272. The summed E-state index contributed by atoms with van der Waals surface area (Å²) >= 11 is 0. The van der Waals surface area contributed by atoms with Gasteiger partial charge in [0.2, 0.25) is 0 Å². The molecule has 0 radical (unpaired) electrons. The van der Waals surface area contributed by atoms with Crippen molar-refractivity contribution in [1.82, 2.24) is 0 Å². The molecular formula is C9H12O4. The van der Waals surface area contributed by atoms with E-state index in [0.717, 1.165) is 5.56 Å². The molecule has 0 aliphatic heterocycles. The Labute approximate surface area is 76.3 Å². The summed E-state index contributed by atoms with van der Waals surface area (Å²) < 4.78 is 9.67. The number of hydrogen-bond donors (Lipinski definition) is 2. The smallest absolute Gasteiger partial charge is 0.160 e. The fourth-order valence-corrected chi connectivity index (χ4v) is 0.975. The minimum Gasteiger partial charge on any atom is -0.504 e. The van der Waals surface area contributed by atoms with Crippen LogP contribution in [0.2, 0.25) is 0 Å². The molecule has 0 amide bonds. The van der Waals surface area contributed by atoms with Crippen molar-refractivity contribution in [2.45, 2.75) is 6.61 Å². The van der Waals surface area contributed by atoms with Gasteiger partial charge in [0, 0.05) is 0 Å². The second-order valence-electron chi connectivity index (χ2n) is 2.48. The zero-order valence-corrected chi connectivity index (χ0v) is 7.36. The summed E-state index contributed by atoms with van der Waals surface area (Å²) in [5.41, 5.74) is 0.837. The third kappa shape index (κ3) is 2.61. The molecule has 0 bridgehead atoms. The van der Waals surface area contributed by atoms with Gasteiger partial charge in [-0.1, -0.05) is 6.07 Å². The molecule has 4 nitrogen and oxygen atoms in total. The quantitative estimate of drug-likeness (QED) is 0.681. The lowest BCUT2D eigenvalue weighted by atomic mass is 10.2.